The Bertz CT molecular complexity index is 997. The van der Waals surface area contributed by atoms with Gasteiger partial charge in [0.2, 0.25) is 15.7 Å². The molecule has 1 aliphatic carbocycles. The minimum absolute atomic E-state index is 0.0489. The maximum absolute atomic E-state index is 12.9. The summed E-state index contributed by atoms with van der Waals surface area (Å²) in [5, 5.41) is 0. The number of ketones is 1. The lowest BCUT2D eigenvalue weighted by molar-refractivity contribution is -0.148. The lowest BCUT2D eigenvalue weighted by Gasteiger charge is -2.42. The Hall–Kier alpha value is -2.73. The van der Waals surface area contributed by atoms with Crippen LogP contribution in [0.15, 0.2) is 76.5 Å². The minimum Gasteiger partial charge on any atom is -0.324 e. The number of carbonyl (C=O) groups excluding carboxylic acids is 2. The number of carbonyl (C=O) groups is 2. The largest absolute Gasteiger partial charge is 0.324 e. The van der Waals surface area contributed by atoms with E-state index in [1.54, 1.807) is 18.2 Å². The number of nitrogens with zero attached hydrogens (tertiary/aromatic N) is 1. The van der Waals surface area contributed by atoms with Crippen molar-refractivity contribution < 1.29 is 18.0 Å². The van der Waals surface area contributed by atoms with Gasteiger partial charge >= 0.3 is 0 Å². The van der Waals surface area contributed by atoms with Crippen LogP contribution in [-0.2, 0) is 26.0 Å². The van der Waals surface area contributed by atoms with Crippen molar-refractivity contribution in [2.45, 2.75) is 23.9 Å². The molecule has 0 saturated carbocycles. The van der Waals surface area contributed by atoms with Crippen LogP contribution in [-0.4, -0.2) is 31.0 Å². The van der Waals surface area contributed by atoms with Crippen molar-refractivity contribution >= 4 is 21.5 Å². The Morgan fingerprint density at radius 1 is 0.923 bits per heavy atom. The van der Waals surface area contributed by atoms with Gasteiger partial charge in [0.25, 0.3) is 0 Å². The van der Waals surface area contributed by atoms with Crippen LogP contribution in [0.2, 0.25) is 0 Å². The average molecular weight is 367 g/mol. The van der Waals surface area contributed by atoms with Crippen molar-refractivity contribution in [1.82, 2.24) is 4.90 Å². The molecular weight excluding hydrogens is 350 g/mol. The molecule has 5 nitrogen and oxygen atoms in total. The number of amides is 1. The van der Waals surface area contributed by atoms with Crippen molar-refractivity contribution in [2.75, 3.05) is 0 Å². The molecule has 0 radical (unpaired) electrons. The Labute approximate surface area is 151 Å². The molecule has 1 fully saturated rings. The van der Waals surface area contributed by atoms with Crippen LogP contribution < -0.4 is 0 Å². The molecule has 0 N–H and O–H groups in total. The van der Waals surface area contributed by atoms with Crippen molar-refractivity contribution in [2.24, 2.45) is 5.92 Å². The van der Waals surface area contributed by atoms with Gasteiger partial charge in [0.15, 0.2) is 5.78 Å². The van der Waals surface area contributed by atoms with Crippen molar-refractivity contribution in [3.8, 4) is 0 Å². The quantitative estimate of drug-likeness (QED) is 0.832. The second-order valence-electron chi connectivity index (χ2n) is 6.51. The van der Waals surface area contributed by atoms with Crippen LogP contribution >= 0.6 is 0 Å². The van der Waals surface area contributed by atoms with E-state index in [4.69, 9.17) is 0 Å². The predicted molar refractivity (Wildman–Crippen MR) is 95.6 cm³/mol. The standard InChI is InChI=1S/C20H17NO4S/c22-18-11-16-19(26(24,25)15-9-5-2-6-10-15)12-17(18)21(20(16)23)13-14-7-3-1-4-8-14/h1-10,12,16-17H,11,13H2/t16-,17-/m0/s1. The summed E-state index contributed by atoms with van der Waals surface area (Å²) in [7, 11) is -3.78. The molecular formula is C20H17NO4S. The molecule has 6 heteroatoms. The molecule has 2 aliphatic heterocycles. The molecule has 2 atom stereocenters. The predicted octanol–water partition coefficient (Wildman–Crippen LogP) is 2.34. The summed E-state index contributed by atoms with van der Waals surface area (Å²) in [6.45, 7) is 0.293. The maximum atomic E-state index is 12.9. The Morgan fingerprint density at radius 3 is 2.19 bits per heavy atom. The van der Waals surface area contributed by atoms with Crippen molar-refractivity contribution in [1.29, 1.82) is 0 Å². The van der Waals surface area contributed by atoms with Crippen LogP contribution in [0.1, 0.15) is 12.0 Å². The minimum atomic E-state index is -3.78. The Kier molecular flexibility index (Phi) is 4.00. The van der Waals surface area contributed by atoms with E-state index in [1.165, 1.54) is 23.1 Å². The van der Waals surface area contributed by atoms with Gasteiger partial charge in [-0.3, -0.25) is 9.59 Å². The third kappa shape index (κ3) is 2.66. The first kappa shape index (κ1) is 16.7. The molecule has 26 heavy (non-hydrogen) atoms. The van der Waals surface area contributed by atoms with Crippen LogP contribution in [0.5, 0.6) is 0 Å². The fraction of sp³-hybridized carbons (Fsp3) is 0.200. The summed E-state index contributed by atoms with van der Waals surface area (Å²) in [5.41, 5.74) is 0.905. The summed E-state index contributed by atoms with van der Waals surface area (Å²) < 4.78 is 25.9. The van der Waals surface area contributed by atoms with Gasteiger partial charge < -0.3 is 4.90 Å². The zero-order chi connectivity index (χ0) is 18.3. The van der Waals surface area contributed by atoms with E-state index in [9.17, 15) is 18.0 Å². The lowest BCUT2D eigenvalue weighted by atomic mass is 9.83. The van der Waals surface area contributed by atoms with Gasteiger partial charge in [0.1, 0.15) is 6.04 Å². The fourth-order valence-corrected chi connectivity index (χ4v) is 5.22. The molecule has 1 amide bonds. The van der Waals surface area contributed by atoms with Gasteiger partial charge in [-0.1, -0.05) is 48.5 Å². The molecule has 132 valence electrons. The average Bonchev–Trinajstić information content (AvgIpc) is 2.66. The van der Waals surface area contributed by atoms with E-state index in [0.717, 1.165) is 5.56 Å². The van der Waals surface area contributed by atoms with Gasteiger partial charge in [-0.2, -0.15) is 0 Å². The number of Topliss-reactive ketones (excluding diaryl/α,β-unsaturated/α-hetero) is 1. The highest BCUT2D eigenvalue weighted by Gasteiger charge is 2.49. The zero-order valence-corrected chi connectivity index (χ0v) is 14.7. The first-order valence-corrected chi connectivity index (χ1v) is 9.86. The van der Waals surface area contributed by atoms with Crippen LogP contribution in [0, 0.1) is 5.92 Å². The van der Waals surface area contributed by atoms with E-state index in [-0.39, 0.29) is 27.9 Å². The second kappa shape index (κ2) is 6.21. The number of piperidine rings is 1. The first-order valence-electron chi connectivity index (χ1n) is 8.37. The number of sulfone groups is 1. The van der Waals surface area contributed by atoms with Gasteiger partial charge in [0, 0.05) is 13.0 Å². The number of hydrogen-bond donors (Lipinski definition) is 0. The zero-order valence-electron chi connectivity index (χ0n) is 13.9. The third-order valence-electron chi connectivity index (χ3n) is 4.88. The number of hydrogen-bond acceptors (Lipinski definition) is 4. The van der Waals surface area contributed by atoms with Gasteiger partial charge in [0.05, 0.1) is 15.7 Å². The van der Waals surface area contributed by atoms with E-state index >= 15 is 0 Å². The summed E-state index contributed by atoms with van der Waals surface area (Å²) >= 11 is 0. The summed E-state index contributed by atoms with van der Waals surface area (Å²) in [4.78, 5) is 27.0. The molecule has 0 unspecified atom stereocenters. The molecule has 3 aliphatic rings. The van der Waals surface area contributed by atoms with Crippen LogP contribution in [0.4, 0.5) is 0 Å². The number of rotatable bonds is 4. The van der Waals surface area contributed by atoms with E-state index in [2.05, 4.69) is 0 Å². The Balaban J connectivity index is 1.72. The number of fused-ring (bicyclic) bond motifs is 2. The van der Waals surface area contributed by atoms with Crippen molar-refractivity contribution in [3.05, 3.63) is 77.2 Å². The Morgan fingerprint density at radius 2 is 1.54 bits per heavy atom. The van der Waals surface area contributed by atoms with Crippen LogP contribution in [0.3, 0.4) is 0 Å². The molecule has 0 aromatic heterocycles. The van der Waals surface area contributed by atoms with E-state index in [0.29, 0.717) is 6.54 Å². The van der Waals surface area contributed by atoms with E-state index < -0.39 is 21.8 Å². The molecule has 2 heterocycles. The van der Waals surface area contributed by atoms with Crippen LogP contribution in [0.25, 0.3) is 0 Å². The summed E-state index contributed by atoms with van der Waals surface area (Å²) in [6, 6.07) is 16.6. The highest BCUT2D eigenvalue weighted by Crippen LogP contribution is 2.39. The molecule has 2 aromatic carbocycles. The third-order valence-corrected chi connectivity index (χ3v) is 6.81. The van der Waals surface area contributed by atoms with Gasteiger partial charge in [-0.05, 0) is 23.8 Å². The highest BCUT2D eigenvalue weighted by molar-refractivity contribution is 7.95. The molecule has 2 bridgehead atoms. The second-order valence-corrected chi connectivity index (χ2v) is 8.45. The smallest absolute Gasteiger partial charge is 0.232 e. The topological polar surface area (TPSA) is 71.5 Å². The molecule has 5 rings (SSSR count). The molecule has 2 aromatic rings. The highest BCUT2D eigenvalue weighted by atomic mass is 32.2. The normalized spacial score (nSPS) is 22.5. The SMILES string of the molecule is O=C1C[C@@H]2C(=O)N(Cc3ccccc3)[C@H]1C=C2S(=O)(=O)c1ccccc1. The van der Waals surface area contributed by atoms with Crippen molar-refractivity contribution in [3.63, 3.8) is 0 Å². The maximum Gasteiger partial charge on any atom is 0.232 e. The molecule has 1 saturated heterocycles. The number of benzene rings is 2. The van der Waals surface area contributed by atoms with E-state index in [1.807, 2.05) is 30.3 Å². The molecule has 0 spiro atoms. The summed E-state index contributed by atoms with van der Waals surface area (Å²) in [5.74, 6) is -1.34. The van der Waals surface area contributed by atoms with Gasteiger partial charge in [-0.25, -0.2) is 8.42 Å². The fourth-order valence-electron chi connectivity index (χ4n) is 3.57. The monoisotopic (exact) mass is 367 g/mol. The van der Waals surface area contributed by atoms with Gasteiger partial charge in [-0.15, -0.1) is 0 Å². The lowest BCUT2D eigenvalue weighted by Crippen LogP contribution is -2.56. The first-order chi connectivity index (χ1) is 12.5. The summed E-state index contributed by atoms with van der Waals surface area (Å²) in [6.07, 6.45) is 1.41.